The molecule has 1 aromatic carbocycles. The van der Waals surface area contributed by atoms with E-state index >= 15 is 0 Å². The molecule has 2 rings (SSSR count). The molecule has 2 heteroatoms. The Bertz CT molecular complexity index is 284. The highest BCUT2D eigenvalue weighted by Crippen LogP contribution is 2.09. The van der Waals surface area contributed by atoms with Crippen LogP contribution >= 0.6 is 0 Å². The van der Waals surface area contributed by atoms with Crippen molar-refractivity contribution in [3.63, 3.8) is 0 Å². The van der Waals surface area contributed by atoms with Crippen LogP contribution in [0, 0.1) is 0 Å². The zero-order chi connectivity index (χ0) is 10.5. The molecule has 0 amide bonds. The number of benzene rings is 1. The van der Waals surface area contributed by atoms with Crippen LogP contribution in [0.5, 0.6) is 0 Å². The van der Waals surface area contributed by atoms with E-state index in [1.54, 1.807) is 0 Å². The van der Waals surface area contributed by atoms with E-state index < -0.39 is 0 Å². The van der Waals surface area contributed by atoms with Crippen LogP contribution in [0.4, 0.5) is 0 Å². The van der Waals surface area contributed by atoms with Gasteiger partial charge < -0.3 is 0 Å². The van der Waals surface area contributed by atoms with E-state index in [4.69, 9.17) is 0 Å². The molecule has 1 fully saturated rings. The molecule has 1 aliphatic rings. The number of hydrogen-bond donors (Lipinski definition) is 0. The Labute approximate surface area is 92.5 Å². The Kier molecular flexibility index (Phi) is 3.75. The van der Waals surface area contributed by atoms with Crippen LogP contribution in [0.15, 0.2) is 30.3 Å². The van der Waals surface area contributed by atoms with Crippen molar-refractivity contribution in [2.24, 2.45) is 0 Å². The van der Waals surface area contributed by atoms with Crippen LogP contribution in [-0.2, 0) is 6.42 Å². The average molecular weight is 204 g/mol. The summed E-state index contributed by atoms with van der Waals surface area (Å²) in [5, 5.41) is 4.84. The molecule has 1 aliphatic heterocycles. The highest BCUT2D eigenvalue weighted by Gasteiger charge is 2.14. The number of hydrazine groups is 1. The van der Waals surface area contributed by atoms with E-state index in [1.807, 2.05) is 0 Å². The largest absolute Gasteiger partial charge is 0.245 e. The predicted molar refractivity (Wildman–Crippen MR) is 63.6 cm³/mol. The fourth-order valence-corrected chi connectivity index (χ4v) is 2.13. The van der Waals surface area contributed by atoms with E-state index in [9.17, 15) is 0 Å². The van der Waals surface area contributed by atoms with Gasteiger partial charge in [-0.25, -0.2) is 10.0 Å². The van der Waals surface area contributed by atoms with E-state index in [0.29, 0.717) is 0 Å². The Morgan fingerprint density at radius 2 is 1.80 bits per heavy atom. The molecule has 1 saturated heterocycles. The van der Waals surface area contributed by atoms with Gasteiger partial charge in [-0.3, -0.25) is 0 Å². The first kappa shape index (κ1) is 10.7. The molecule has 2 nitrogen and oxygen atoms in total. The number of nitrogens with zero attached hydrogens (tertiary/aromatic N) is 2. The number of rotatable bonds is 3. The van der Waals surface area contributed by atoms with Gasteiger partial charge in [-0.15, -0.1) is 0 Å². The highest BCUT2D eigenvalue weighted by molar-refractivity contribution is 5.14. The van der Waals surface area contributed by atoms with Crippen LogP contribution < -0.4 is 0 Å². The molecule has 0 bridgehead atoms. The molecule has 0 N–H and O–H groups in total. The van der Waals surface area contributed by atoms with Gasteiger partial charge in [0.2, 0.25) is 0 Å². The smallest absolute Gasteiger partial charge is 0.0173 e. The summed E-state index contributed by atoms with van der Waals surface area (Å²) in [7, 11) is 2.20. The summed E-state index contributed by atoms with van der Waals surface area (Å²) < 4.78 is 0. The van der Waals surface area contributed by atoms with Crippen molar-refractivity contribution in [3.8, 4) is 0 Å². The summed E-state index contributed by atoms with van der Waals surface area (Å²) in [6.07, 6.45) is 3.85. The Balaban J connectivity index is 1.82. The van der Waals surface area contributed by atoms with Crippen LogP contribution in [0.25, 0.3) is 0 Å². The summed E-state index contributed by atoms with van der Waals surface area (Å²) in [6.45, 7) is 3.60. The summed E-state index contributed by atoms with van der Waals surface area (Å²) in [6, 6.07) is 10.7. The third kappa shape index (κ3) is 3.05. The monoisotopic (exact) mass is 204 g/mol. The third-order valence-corrected chi connectivity index (χ3v) is 3.13. The third-order valence-electron chi connectivity index (χ3n) is 3.13. The molecule has 0 unspecified atom stereocenters. The fourth-order valence-electron chi connectivity index (χ4n) is 2.13. The first-order valence-electron chi connectivity index (χ1n) is 5.86. The Hall–Kier alpha value is -0.860. The second-order valence-electron chi connectivity index (χ2n) is 4.28. The van der Waals surface area contributed by atoms with E-state index in [1.165, 1.54) is 31.5 Å². The van der Waals surface area contributed by atoms with Crippen molar-refractivity contribution in [2.75, 3.05) is 26.7 Å². The molecule has 1 aromatic rings. The summed E-state index contributed by atoms with van der Waals surface area (Å²) in [4.78, 5) is 0. The first-order chi connectivity index (χ1) is 7.36. The average Bonchev–Trinajstić information content (AvgIpc) is 2.29. The van der Waals surface area contributed by atoms with Gasteiger partial charge in [0.25, 0.3) is 0 Å². The lowest BCUT2D eigenvalue weighted by Gasteiger charge is -2.36. The number of hydrogen-bond acceptors (Lipinski definition) is 2. The zero-order valence-electron chi connectivity index (χ0n) is 9.52. The molecule has 0 spiro atoms. The quantitative estimate of drug-likeness (QED) is 0.744. The standard InChI is InChI=1S/C13H20N2/c1-14-10-5-6-11-15(14)12-9-13-7-3-2-4-8-13/h2-4,7-8H,5-6,9-12H2,1H3. The maximum absolute atomic E-state index is 2.47. The van der Waals surface area contributed by atoms with Crippen molar-refractivity contribution < 1.29 is 0 Å². The topological polar surface area (TPSA) is 6.48 Å². The van der Waals surface area contributed by atoms with Crippen molar-refractivity contribution in [2.45, 2.75) is 19.3 Å². The van der Waals surface area contributed by atoms with E-state index in [0.717, 1.165) is 13.0 Å². The maximum atomic E-state index is 2.47. The van der Waals surface area contributed by atoms with Crippen molar-refractivity contribution >= 4 is 0 Å². The minimum absolute atomic E-state index is 1.15. The molecule has 0 aromatic heterocycles. The lowest BCUT2D eigenvalue weighted by atomic mass is 10.1. The van der Waals surface area contributed by atoms with Gasteiger partial charge in [-0.05, 0) is 24.8 Å². The molecule has 0 radical (unpaired) electrons. The van der Waals surface area contributed by atoms with Gasteiger partial charge >= 0.3 is 0 Å². The van der Waals surface area contributed by atoms with Gasteiger partial charge in [0.15, 0.2) is 0 Å². The van der Waals surface area contributed by atoms with E-state index in [-0.39, 0.29) is 0 Å². The lowest BCUT2D eigenvalue weighted by Crippen LogP contribution is -2.45. The van der Waals surface area contributed by atoms with Crippen molar-refractivity contribution in [1.29, 1.82) is 0 Å². The molecule has 0 atom stereocenters. The minimum atomic E-state index is 1.15. The second kappa shape index (κ2) is 5.29. The Morgan fingerprint density at radius 3 is 2.53 bits per heavy atom. The van der Waals surface area contributed by atoms with Crippen LogP contribution in [-0.4, -0.2) is 36.7 Å². The molecule has 0 aliphatic carbocycles. The van der Waals surface area contributed by atoms with Gasteiger partial charge in [-0.1, -0.05) is 30.3 Å². The molecule has 1 heterocycles. The molecule has 0 saturated carbocycles. The second-order valence-corrected chi connectivity index (χ2v) is 4.28. The van der Waals surface area contributed by atoms with Crippen LogP contribution in [0.2, 0.25) is 0 Å². The van der Waals surface area contributed by atoms with Crippen LogP contribution in [0.1, 0.15) is 18.4 Å². The highest BCUT2D eigenvalue weighted by atomic mass is 15.6. The van der Waals surface area contributed by atoms with Gasteiger partial charge in [0, 0.05) is 26.7 Å². The van der Waals surface area contributed by atoms with Gasteiger partial charge in [0.05, 0.1) is 0 Å². The maximum Gasteiger partial charge on any atom is 0.0173 e. The lowest BCUT2D eigenvalue weighted by molar-refractivity contribution is -0.0258. The van der Waals surface area contributed by atoms with Crippen LogP contribution in [0.3, 0.4) is 0 Å². The summed E-state index contributed by atoms with van der Waals surface area (Å²) in [5.41, 5.74) is 1.44. The molecule has 15 heavy (non-hydrogen) atoms. The predicted octanol–water partition coefficient (Wildman–Crippen LogP) is 2.17. The van der Waals surface area contributed by atoms with E-state index in [2.05, 4.69) is 47.4 Å². The van der Waals surface area contributed by atoms with Gasteiger partial charge in [-0.2, -0.15) is 0 Å². The summed E-state index contributed by atoms with van der Waals surface area (Å²) in [5.74, 6) is 0. The van der Waals surface area contributed by atoms with Gasteiger partial charge in [0.1, 0.15) is 0 Å². The molecule has 82 valence electrons. The zero-order valence-corrected chi connectivity index (χ0v) is 9.52. The minimum Gasteiger partial charge on any atom is -0.245 e. The molecular weight excluding hydrogens is 184 g/mol. The summed E-state index contributed by atoms with van der Waals surface area (Å²) >= 11 is 0. The first-order valence-corrected chi connectivity index (χ1v) is 5.86. The molecular formula is C13H20N2. The van der Waals surface area contributed by atoms with Crippen molar-refractivity contribution in [1.82, 2.24) is 10.0 Å². The Morgan fingerprint density at radius 1 is 1.07 bits per heavy atom. The SMILES string of the molecule is CN1CCCCN1CCc1ccccc1. The normalized spacial score (nSPS) is 19.3. The van der Waals surface area contributed by atoms with Crippen molar-refractivity contribution in [3.05, 3.63) is 35.9 Å². The fraction of sp³-hybridized carbons (Fsp3) is 0.538.